The molecule has 0 radical (unpaired) electrons. The molecule has 1 atom stereocenters. The minimum Gasteiger partial charge on any atom is -0.479 e. The van der Waals surface area contributed by atoms with Crippen LogP contribution in [0, 0.1) is 0 Å². The molecule has 1 saturated heterocycles. The van der Waals surface area contributed by atoms with E-state index in [0.717, 1.165) is 19.6 Å². The Balaban J connectivity index is 2.26. The van der Waals surface area contributed by atoms with Gasteiger partial charge in [0.25, 0.3) is 0 Å². The molecule has 0 saturated carbocycles. The molecule has 5 heteroatoms. The van der Waals surface area contributed by atoms with E-state index in [-0.39, 0.29) is 0 Å². The summed E-state index contributed by atoms with van der Waals surface area (Å²) >= 11 is 0. The summed E-state index contributed by atoms with van der Waals surface area (Å²) in [6.45, 7) is 5.22. The van der Waals surface area contributed by atoms with Gasteiger partial charge in [-0.15, -0.1) is 0 Å². The zero-order valence-electron chi connectivity index (χ0n) is 11.8. The van der Waals surface area contributed by atoms with Crippen molar-refractivity contribution in [2.75, 3.05) is 40.3 Å². The third kappa shape index (κ3) is 4.92. The maximum absolute atomic E-state index is 11.0. The summed E-state index contributed by atoms with van der Waals surface area (Å²) in [7, 11) is 4.24. The molecule has 0 aromatic heterocycles. The largest absolute Gasteiger partial charge is 0.479 e. The number of rotatable bonds is 7. The average Bonchev–Trinajstić information content (AvgIpc) is 2.34. The highest BCUT2D eigenvalue weighted by Crippen LogP contribution is 2.15. The smallest absolute Gasteiger partial charge is 0.332 e. The number of carboxylic acids is 1. The van der Waals surface area contributed by atoms with E-state index >= 15 is 0 Å². The van der Waals surface area contributed by atoms with Gasteiger partial charge in [0.1, 0.15) is 0 Å². The molecule has 18 heavy (non-hydrogen) atoms. The van der Waals surface area contributed by atoms with Crippen LogP contribution >= 0.6 is 0 Å². The van der Waals surface area contributed by atoms with Crippen LogP contribution in [0.2, 0.25) is 0 Å². The normalized spacial score (nSPS) is 20.2. The molecule has 0 amide bonds. The highest BCUT2D eigenvalue weighted by atomic mass is 16.5. The number of likely N-dealkylation sites (tertiary alicyclic amines) is 1. The van der Waals surface area contributed by atoms with Gasteiger partial charge in [-0.3, -0.25) is 0 Å². The number of piperidine rings is 1. The van der Waals surface area contributed by atoms with E-state index < -0.39 is 12.1 Å². The Morgan fingerprint density at radius 3 is 2.50 bits per heavy atom. The summed E-state index contributed by atoms with van der Waals surface area (Å²) in [6.07, 6.45) is 2.26. The Labute approximate surface area is 110 Å². The Hall–Kier alpha value is -0.650. The summed E-state index contributed by atoms with van der Waals surface area (Å²) in [4.78, 5) is 15.6. The van der Waals surface area contributed by atoms with Crippen LogP contribution in [0.1, 0.15) is 26.2 Å². The lowest BCUT2D eigenvalue weighted by molar-refractivity contribution is -0.150. The van der Waals surface area contributed by atoms with Crippen LogP contribution < -0.4 is 0 Å². The molecule has 1 heterocycles. The van der Waals surface area contributed by atoms with Gasteiger partial charge in [-0.05, 0) is 53.4 Å². The van der Waals surface area contributed by atoms with Crippen molar-refractivity contribution in [3.63, 3.8) is 0 Å². The second-order valence-corrected chi connectivity index (χ2v) is 5.11. The van der Waals surface area contributed by atoms with Gasteiger partial charge in [-0.2, -0.15) is 0 Å². The predicted octanol–water partition coefficient (Wildman–Crippen LogP) is 0.892. The van der Waals surface area contributed by atoms with Gasteiger partial charge < -0.3 is 19.6 Å². The molecule has 0 aliphatic carbocycles. The van der Waals surface area contributed by atoms with Gasteiger partial charge in [-0.1, -0.05) is 0 Å². The number of aliphatic carboxylic acids is 1. The van der Waals surface area contributed by atoms with Gasteiger partial charge >= 0.3 is 5.97 Å². The second kappa shape index (κ2) is 7.71. The lowest BCUT2D eigenvalue weighted by atomic mass is 10.0. The summed E-state index contributed by atoms with van der Waals surface area (Å²) in [6, 6.07) is 0.670. The molecule has 0 aromatic rings. The molecule has 0 aromatic carbocycles. The summed E-state index contributed by atoms with van der Waals surface area (Å²) in [5.41, 5.74) is 0. The zero-order chi connectivity index (χ0) is 13.5. The average molecular weight is 258 g/mol. The van der Waals surface area contributed by atoms with E-state index in [1.54, 1.807) is 0 Å². The van der Waals surface area contributed by atoms with Gasteiger partial charge in [0.05, 0.1) is 0 Å². The Bertz CT molecular complexity index is 251. The molecule has 0 spiro atoms. The van der Waals surface area contributed by atoms with E-state index in [9.17, 15) is 4.79 Å². The van der Waals surface area contributed by atoms with Crippen molar-refractivity contribution in [1.29, 1.82) is 0 Å². The number of ether oxygens (including phenoxy) is 1. The van der Waals surface area contributed by atoms with Crippen molar-refractivity contribution in [3.05, 3.63) is 0 Å². The quantitative estimate of drug-likeness (QED) is 0.735. The Morgan fingerprint density at radius 1 is 1.44 bits per heavy atom. The van der Waals surface area contributed by atoms with Gasteiger partial charge in [-0.25, -0.2) is 4.79 Å². The molecule has 0 bridgehead atoms. The molecule has 1 rings (SSSR count). The van der Waals surface area contributed by atoms with Crippen LogP contribution in [0.4, 0.5) is 0 Å². The zero-order valence-corrected chi connectivity index (χ0v) is 11.8. The van der Waals surface area contributed by atoms with Gasteiger partial charge in [0.15, 0.2) is 6.10 Å². The predicted molar refractivity (Wildman–Crippen MR) is 70.8 cm³/mol. The molecule has 1 unspecified atom stereocenters. The molecule has 1 N–H and O–H groups in total. The van der Waals surface area contributed by atoms with E-state index in [2.05, 4.69) is 23.9 Å². The van der Waals surface area contributed by atoms with Crippen LogP contribution in [0.15, 0.2) is 0 Å². The third-order valence-corrected chi connectivity index (χ3v) is 3.64. The highest BCUT2D eigenvalue weighted by Gasteiger charge is 2.23. The van der Waals surface area contributed by atoms with Crippen LogP contribution in [0.5, 0.6) is 0 Å². The van der Waals surface area contributed by atoms with E-state index in [1.165, 1.54) is 12.8 Å². The standard InChI is InChI=1S/C13H26N2O3/c1-4-18-12(13(16)17)7-10-15-8-5-11(6-9-15)14(2)3/h11-12H,4-10H2,1-3H3,(H,16,17). The number of nitrogens with zero attached hydrogens (tertiary/aromatic N) is 2. The summed E-state index contributed by atoms with van der Waals surface area (Å²) in [5, 5.41) is 9.00. The van der Waals surface area contributed by atoms with Crippen LogP contribution in [0.25, 0.3) is 0 Å². The topological polar surface area (TPSA) is 53.0 Å². The fraction of sp³-hybridized carbons (Fsp3) is 0.923. The van der Waals surface area contributed by atoms with Crippen molar-refractivity contribution in [1.82, 2.24) is 9.80 Å². The number of carbonyl (C=O) groups is 1. The van der Waals surface area contributed by atoms with E-state index in [1.807, 2.05) is 6.92 Å². The third-order valence-electron chi connectivity index (χ3n) is 3.64. The first-order chi connectivity index (χ1) is 8.54. The fourth-order valence-corrected chi connectivity index (χ4v) is 2.44. The first-order valence-corrected chi connectivity index (χ1v) is 6.77. The fourth-order valence-electron chi connectivity index (χ4n) is 2.44. The molecule has 1 aliphatic rings. The first kappa shape index (κ1) is 15.4. The van der Waals surface area contributed by atoms with Crippen molar-refractivity contribution in [2.24, 2.45) is 0 Å². The van der Waals surface area contributed by atoms with E-state index in [0.29, 0.717) is 19.1 Å². The number of hydrogen-bond acceptors (Lipinski definition) is 4. The number of carboxylic acid groups (broad SMARTS) is 1. The molecular weight excluding hydrogens is 232 g/mol. The lowest BCUT2D eigenvalue weighted by Crippen LogP contribution is -2.43. The SMILES string of the molecule is CCOC(CCN1CCC(N(C)C)CC1)C(=O)O. The maximum Gasteiger partial charge on any atom is 0.332 e. The second-order valence-electron chi connectivity index (χ2n) is 5.11. The van der Waals surface area contributed by atoms with E-state index in [4.69, 9.17) is 9.84 Å². The molecule has 106 valence electrons. The Kier molecular flexibility index (Phi) is 6.60. The highest BCUT2D eigenvalue weighted by molar-refractivity contribution is 5.72. The van der Waals surface area contributed by atoms with Gasteiger partial charge in [0, 0.05) is 19.2 Å². The summed E-state index contributed by atoms with van der Waals surface area (Å²) < 4.78 is 5.22. The maximum atomic E-state index is 11.0. The van der Waals surface area contributed by atoms with Crippen LogP contribution in [-0.2, 0) is 9.53 Å². The Morgan fingerprint density at radius 2 is 2.06 bits per heavy atom. The first-order valence-electron chi connectivity index (χ1n) is 6.77. The van der Waals surface area contributed by atoms with Crippen molar-refractivity contribution < 1.29 is 14.6 Å². The van der Waals surface area contributed by atoms with Crippen LogP contribution in [0.3, 0.4) is 0 Å². The van der Waals surface area contributed by atoms with Gasteiger partial charge in [0.2, 0.25) is 0 Å². The van der Waals surface area contributed by atoms with Crippen molar-refractivity contribution in [2.45, 2.75) is 38.3 Å². The van der Waals surface area contributed by atoms with Crippen molar-refractivity contribution >= 4 is 5.97 Å². The monoisotopic (exact) mass is 258 g/mol. The van der Waals surface area contributed by atoms with Crippen LogP contribution in [-0.4, -0.2) is 73.4 Å². The van der Waals surface area contributed by atoms with Crippen molar-refractivity contribution in [3.8, 4) is 0 Å². The summed E-state index contributed by atoms with van der Waals surface area (Å²) in [5.74, 6) is -0.847. The number of hydrogen-bond donors (Lipinski definition) is 1. The minimum atomic E-state index is -0.847. The molecule has 5 nitrogen and oxygen atoms in total. The molecule has 1 fully saturated rings. The minimum absolute atomic E-state index is 0.458. The molecule has 1 aliphatic heterocycles. The lowest BCUT2D eigenvalue weighted by Gasteiger charge is -2.35. The molecular formula is C13H26N2O3.